The predicted octanol–water partition coefficient (Wildman–Crippen LogP) is 3.16. The van der Waals surface area contributed by atoms with E-state index >= 15 is 0 Å². The summed E-state index contributed by atoms with van der Waals surface area (Å²) in [5.41, 5.74) is -0.698. The number of imide groups is 1. The number of hydrogen-bond donors (Lipinski definition) is 1. The molecule has 2 heterocycles. The van der Waals surface area contributed by atoms with E-state index in [1.807, 2.05) is 13.8 Å². The van der Waals surface area contributed by atoms with Crippen LogP contribution in [0.4, 0.5) is 9.18 Å². The number of benzene rings is 1. The molecule has 1 aromatic carbocycles. The van der Waals surface area contributed by atoms with Crippen molar-refractivity contribution < 1.29 is 18.8 Å². The first-order valence-corrected chi connectivity index (χ1v) is 10.1. The molecule has 0 saturated carbocycles. The zero-order valence-corrected chi connectivity index (χ0v) is 16.5. The molecule has 2 fully saturated rings. The van der Waals surface area contributed by atoms with Crippen molar-refractivity contribution in [2.24, 2.45) is 0 Å². The first kappa shape index (κ1) is 20.3. The molecular weight excluding hydrogens is 361 g/mol. The Morgan fingerprint density at radius 2 is 1.96 bits per heavy atom. The number of carbonyl (C=O) groups is 3. The first-order valence-electron chi connectivity index (χ1n) is 10.1. The van der Waals surface area contributed by atoms with E-state index in [1.165, 1.54) is 24.3 Å². The summed E-state index contributed by atoms with van der Waals surface area (Å²) in [5.74, 6) is -1.05. The third-order valence-corrected chi connectivity index (χ3v) is 5.83. The molecule has 0 bridgehead atoms. The third-order valence-electron chi connectivity index (χ3n) is 5.83. The van der Waals surface area contributed by atoms with E-state index in [0.29, 0.717) is 24.9 Å². The zero-order chi connectivity index (χ0) is 20.3. The lowest BCUT2D eigenvalue weighted by atomic mass is 9.84. The fourth-order valence-corrected chi connectivity index (χ4v) is 4.15. The highest BCUT2D eigenvalue weighted by molar-refractivity contribution is 6.09. The van der Waals surface area contributed by atoms with Gasteiger partial charge >= 0.3 is 6.03 Å². The van der Waals surface area contributed by atoms with Gasteiger partial charge in [0.1, 0.15) is 17.9 Å². The number of nitrogens with zero attached hydrogens (tertiary/aromatic N) is 2. The van der Waals surface area contributed by atoms with E-state index in [4.69, 9.17) is 0 Å². The number of amides is 4. The van der Waals surface area contributed by atoms with Gasteiger partial charge in [0.2, 0.25) is 5.91 Å². The van der Waals surface area contributed by atoms with Crippen LogP contribution in [-0.2, 0) is 15.1 Å². The molecule has 2 atom stereocenters. The van der Waals surface area contributed by atoms with Crippen molar-refractivity contribution >= 4 is 17.8 Å². The van der Waals surface area contributed by atoms with E-state index < -0.39 is 23.3 Å². The maximum Gasteiger partial charge on any atom is 0.325 e. The van der Waals surface area contributed by atoms with Gasteiger partial charge in [0.25, 0.3) is 5.91 Å². The number of hydrogen-bond acceptors (Lipinski definition) is 3. The summed E-state index contributed by atoms with van der Waals surface area (Å²) in [6.07, 6.45) is 4.92. The summed E-state index contributed by atoms with van der Waals surface area (Å²) in [6, 6.07) is 5.17. The molecule has 6 nitrogen and oxygen atoms in total. The topological polar surface area (TPSA) is 69.7 Å². The van der Waals surface area contributed by atoms with Crippen LogP contribution in [0.15, 0.2) is 24.3 Å². The minimum Gasteiger partial charge on any atom is -0.338 e. The Labute approximate surface area is 165 Å². The number of nitrogens with one attached hydrogen (secondary N) is 1. The van der Waals surface area contributed by atoms with Crippen molar-refractivity contribution in [1.82, 2.24) is 15.1 Å². The van der Waals surface area contributed by atoms with Gasteiger partial charge in [-0.3, -0.25) is 14.5 Å². The van der Waals surface area contributed by atoms with Crippen molar-refractivity contribution in [3.8, 4) is 0 Å². The zero-order valence-electron chi connectivity index (χ0n) is 16.5. The van der Waals surface area contributed by atoms with Gasteiger partial charge in [0.15, 0.2) is 0 Å². The Kier molecular flexibility index (Phi) is 6.01. The van der Waals surface area contributed by atoms with Crippen LogP contribution >= 0.6 is 0 Å². The van der Waals surface area contributed by atoms with E-state index in [0.717, 1.165) is 30.6 Å². The van der Waals surface area contributed by atoms with Crippen LogP contribution in [0.2, 0.25) is 0 Å². The SMILES string of the molecule is CCCC[C@@]1(c2ccc(F)cc2)NC(=O)N(CC(=O)N2CCCC[C@@H]2C)C1=O. The van der Waals surface area contributed by atoms with Gasteiger partial charge in [-0.15, -0.1) is 0 Å². The van der Waals surface area contributed by atoms with Crippen LogP contribution in [-0.4, -0.2) is 46.8 Å². The number of halogens is 1. The Bertz CT molecular complexity index is 752. The molecule has 0 unspecified atom stereocenters. The molecule has 2 aliphatic rings. The Hall–Kier alpha value is -2.44. The summed E-state index contributed by atoms with van der Waals surface area (Å²) >= 11 is 0. The van der Waals surface area contributed by atoms with Crippen molar-refractivity contribution in [3.05, 3.63) is 35.6 Å². The first-order chi connectivity index (χ1) is 13.4. The second-order valence-electron chi connectivity index (χ2n) is 7.77. The number of unbranched alkanes of at least 4 members (excludes halogenated alkanes) is 1. The Morgan fingerprint density at radius 3 is 2.61 bits per heavy atom. The average Bonchev–Trinajstić information content (AvgIpc) is 2.92. The second kappa shape index (κ2) is 8.29. The molecule has 1 aromatic rings. The van der Waals surface area contributed by atoms with Gasteiger partial charge in [-0.25, -0.2) is 9.18 Å². The molecule has 2 saturated heterocycles. The standard InChI is InChI=1S/C21H28FN3O3/c1-3-4-12-21(16-8-10-17(22)11-9-16)19(27)25(20(28)23-21)14-18(26)24-13-6-5-7-15(24)2/h8-11,15H,3-7,12-14H2,1-2H3,(H,23,28)/t15-,21-/m0/s1. The smallest absolute Gasteiger partial charge is 0.325 e. The summed E-state index contributed by atoms with van der Waals surface area (Å²) in [7, 11) is 0. The van der Waals surface area contributed by atoms with E-state index in [2.05, 4.69) is 5.32 Å². The third kappa shape index (κ3) is 3.75. The normalized spacial score (nSPS) is 25.2. The van der Waals surface area contributed by atoms with E-state index in [9.17, 15) is 18.8 Å². The molecular formula is C21H28FN3O3. The summed E-state index contributed by atoms with van der Waals surface area (Å²) in [5, 5.41) is 2.80. The van der Waals surface area contributed by atoms with Crippen molar-refractivity contribution in [1.29, 1.82) is 0 Å². The van der Waals surface area contributed by atoms with Crippen molar-refractivity contribution in [3.63, 3.8) is 0 Å². The fourth-order valence-electron chi connectivity index (χ4n) is 4.15. The molecule has 3 rings (SSSR count). The number of rotatable bonds is 6. The lowest BCUT2D eigenvalue weighted by molar-refractivity contribution is -0.141. The minimum absolute atomic E-state index is 0.115. The molecule has 4 amide bonds. The van der Waals surface area contributed by atoms with Crippen LogP contribution in [0.5, 0.6) is 0 Å². The lowest BCUT2D eigenvalue weighted by Crippen LogP contribution is -2.49. The van der Waals surface area contributed by atoms with Crippen molar-refractivity contribution in [2.45, 2.75) is 64.0 Å². The molecule has 0 aromatic heterocycles. The molecule has 28 heavy (non-hydrogen) atoms. The lowest BCUT2D eigenvalue weighted by Gasteiger charge is -2.34. The van der Waals surface area contributed by atoms with Gasteiger partial charge < -0.3 is 10.2 Å². The fraction of sp³-hybridized carbons (Fsp3) is 0.571. The molecule has 152 valence electrons. The van der Waals surface area contributed by atoms with Gasteiger partial charge in [0, 0.05) is 12.6 Å². The van der Waals surface area contributed by atoms with Crippen LogP contribution in [0.3, 0.4) is 0 Å². The van der Waals surface area contributed by atoms with Gasteiger partial charge in [-0.05, 0) is 50.3 Å². The minimum atomic E-state index is -1.24. The summed E-state index contributed by atoms with van der Waals surface area (Å²) in [4.78, 5) is 41.5. The predicted molar refractivity (Wildman–Crippen MR) is 103 cm³/mol. The van der Waals surface area contributed by atoms with Crippen molar-refractivity contribution in [2.75, 3.05) is 13.1 Å². The Balaban J connectivity index is 1.84. The largest absolute Gasteiger partial charge is 0.338 e. The highest BCUT2D eigenvalue weighted by Crippen LogP contribution is 2.34. The molecule has 2 aliphatic heterocycles. The maximum absolute atomic E-state index is 13.4. The molecule has 0 spiro atoms. The van der Waals surface area contributed by atoms with Crippen LogP contribution in [0.25, 0.3) is 0 Å². The number of carbonyl (C=O) groups excluding carboxylic acids is 3. The van der Waals surface area contributed by atoms with Gasteiger partial charge in [-0.1, -0.05) is 31.9 Å². The maximum atomic E-state index is 13.4. The highest BCUT2D eigenvalue weighted by Gasteiger charge is 2.52. The van der Waals surface area contributed by atoms with Gasteiger partial charge in [-0.2, -0.15) is 0 Å². The van der Waals surface area contributed by atoms with Gasteiger partial charge in [0.05, 0.1) is 0 Å². The van der Waals surface area contributed by atoms with Crippen LogP contribution < -0.4 is 5.32 Å². The number of piperidine rings is 1. The van der Waals surface area contributed by atoms with Crippen LogP contribution in [0.1, 0.15) is 57.9 Å². The highest BCUT2D eigenvalue weighted by atomic mass is 19.1. The molecule has 1 N–H and O–H groups in total. The molecule has 0 radical (unpaired) electrons. The van der Waals surface area contributed by atoms with E-state index in [1.54, 1.807) is 4.90 Å². The van der Waals surface area contributed by atoms with Crippen LogP contribution in [0, 0.1) is 5.82 Å². The quantitative estimate of drug-likeness (QED) is 0.760. The average molecular weight is 389 g/mol. The molecule has 7 heteroatoms. The summed E-state index contributed by atoms with van der Waals surface area (Å²) in [6.45, 7) is 4.39. The Morgan fingerprint density at radius 1 is 1.25 bits per heavy atom. The number of urea groups is 1. The summed E-state index contributed by atoms with van der Waals surface area (Å²) < 4.78 is 13.4. The molecule has 0 aliphatic carbocycles. The monoisotopic (exact) mass is 389 g/mol. The van der Waals surface area contributed by atoms with E-state index in [-0.39, 0.29) is 18.5 Å². The number of likely N-dealkylation sites (tertiary alicyclic amines) is 1. The second-order valence-corrected chi connectivity index (χ2v) is 7.77.